The number of unbranched alkanes of at least 4 members (excludes halogenated alkanes) is 1. The lowest BCUT2D eigenvalue weighted by atomic mass is 9.95. The van der Waals surface area contributed by atoms with Crippen molar-refractivity contribution in [1.29, 1.82) is 0 Å². The number of amides is 1. The fraction of sp³-hybridized carbons (Fsp3) is 0.257. The predicted molar refractivity (Wildman–Crippen MR) is 172 cm³/mol. The smallest absolute Gasteiger partial charge is 0.350 e. The molecule has 0 spiro atoms. The van der Waals surface area contributed by atoms with Gasteiger partial charge in [-0.1, -0.05) is 61.1 Å². The Morgan fingerprint density at radius 3 is 2.29 bits per heavy atom. The van der Waals surface area contributed by atoms with E-state index in [0.717, 1.165) is 35.3 Å². The minimum absolute atomic E-state index is 0.0966. The number of carbonyl (C=O) groups is 3. The Bertz CT molecular complexity index is 1740. The summed E-state index contributed by atoms with van der Waals surface area (Å²) in [5.74, 6) is -1.44. The first-order valence-corrected chi connectivity index (χ1v) is 15.4. The maximum Gasteiger partial charge on any atom is 0.350 e. The van der Waals surface area contributed by atoms with Crippen molar-refractivity contribution in [3.63, 3.8) is 0 Å². The number of aryl methyl sites for hydroxylation is 2. The lowest BCUT2D eigenvalue weighted by Gasteiger charge is -2.23. The van der Waals surface area contributed by atoms with E-state index in [2.05, 4.69) is 11.9 Å². The number of aliphatic hydroxyl groups is 1. The van der Waals surface area contributed by atoms with Gasteiger partial charge in [0.1, 0.15) is 28.7 Å². The molecule has 1 fully saturated rings. The molecular weight excluding hydrogens is 592 g/mol. The third kappa shape index (κ3) is 6.61. The lowest BCUT2D eigenvalue weighted by Crippen LogP contribution is -2.29. The summed E-state index contributed by atoms with van der Waals surface area (Å²) in [5, 5.41) is 11.7. The van der Waals surface area contributed by atoms with Gasteiger partial charge in [0.05, 0.1) is 31.0 Å². The van der Waals surface area contributed by atoms with Crippen LogP contribution in [0, 0.1) is 13.8 Å². The summed E-state index contributed by atoms with van der Waals surface area (Å²) in [7, 11) is 1.26. The van der Waals surface area contributed by atoms with Gasteiger partial charge in [-0.05, 0) is 73.4 Å². The fourth-order valence-corrected chi connectivity index (χ4v) is 6.00. The van der Waals surface area contributed by atoms with Crippen LogP contribution in [0.5, 0.6) is 11.5 Å². The normalized spacial score (nSPS) is 15.7. The molecule has 1 amide bonds. The monoisotopic (exact) mass is 626 g/mol. The standard InChI is InChI=1S/C35H34N2O7S/c1-5-6-19-43-26-15-11-23(12-16-26)29-28(31(39)33(40)37(29)35-36-22(3)32(45-35)34(41)42-4)30(38)24-13-17-27(18-14-24)44-20-25-10-8-7-9-21(25)2/h7-18,29,38H,5-6,19-20H2,1-4H3/b30-28+. The second-order valence-corrected chi connectivity index (χ2v) is 11.6. The minimum atomic E-state index is -1.01. The molecule has 1 unspecified atom stereocenters. The molecule has 10 heteroatoms. The average Bonchev–Trinajstić information content (AvgIpc) is 3.56. The van der Waals surface area contributed by atoms with Crippen molar-refractivity contribution in [2.24, 2.45) is 0 Å². The number of ketones is 1. The third-order valence-electron chi connectivity index (χ3n) is 7.55. The molecule has 9 nitrogen and oxygen atoms in total. The van der Waals surface area contributed by atoms with E-state index < -0.39 is 23.7 Å². The fourth-order valence-electron chi connectivity index (χ4n) is 4.99. The molecule has 0 saturated carbocycles. The molecule has 232 valence electrons. The number of aromatic nitrogens is 1. The van der Waals surface area contributed by atoms with Gasteiger partial charge in [-0.25, -0.2) is 9.78 Å². The van der Waals surface area contributed by atoms with E-state index in [1.165, 1.54) is 12.0 Å². The van der Waals surface area contributed by atoms with E-state index in [1.54, 1.807) is 55.5 Å². The first-order valence-electron chi connectivity index (χ1n) is 14.6. The maximum atomic E-state index is 13.6. The number of methoxy groups -OCH3 is 1. The van der Waals surface area contributed by atoms with Crippen LogP contribution in [0.1, 0.15) is 63.4 Å². The highest BCUT2D eigenvalue weighted by molar-refractivity contribution is 7.17. The van der Waals surface area contributed by atoms with Crippen LogP contribution in [0.25, 0.3) is 5.76 Å². The molecule has 1 saturated heterocycles. The second-order valence-electron chi connectivity index (χ2n) is 10.6. The van der Waals surface area contributed by atoms with E-state index in [-0.39, 0.29) is 21.3 Å². The molecule has 0 radical (unpaired) electrons. The molecule has 45 heavy (non-hydrogen) atoms. The molecule has 0 bridgehead atoms. The van der Waals surface area contributed by atoms with Crippen LogP contribution in [-0.2, 0) is 20.9 Å². The van der Waals surface area contributed by atoms with Gasteiger partial charge in [-0.15, -0.1) is 0 Å². The highest BCUT2D eigenvalue weighted by Gasteiger charge is 2.48. The number of benzene rings is 3. The Morgan fingerprint density at radius 1 is 0.956 bits per heavy atom. The average molecular weight is 627 g/mol. The van der Waals surface area contributed by atoms with E-state index in [4.69, 9.17) is 14.2 Å². The quantitative estimate of drug-likeness (QED) is 0.0627. The Balaban J connectivity index is 1.52. The van der Waals surface area contributed by atoms with Crippen molar-refractivity contribution in [3.8, 4) is 11.5 Å². The summed E-state index contributed by atoms with van der Waals surface area (Å²) in [6.07, 6.45) is 1.90. The number of hydrogen-bond donors (Lipinski definition) is 1. The number of nitrogens with zero attached hydrogens (tertiary/aromatic N) is 2. The molecule has 1 aromatic heterocycles. The highest BCUT2D eigenvalue weighted by atomic mass is 32.1. The first kappa shape index (κ1) is 31.5. The van der Waals surface area contributed by atoms with Crippen molar-refractivity contribution in [2.75, 3.05) is 18.6 Å². The molecule has 5 rings (SSSR count). The third-order valence-corrected chi connectivity index (χ3v) is 8.69. The molecule has 1 N–H and O–H groups in total. The van der Waals surface area contributed by atoms with Crippen molar-refractivity contribution in [3.05, 3.63) is 111 Å². The van der Waals surface area contributed by atoms with E-state index in [9.17, 15) is 19.5 Å². The molecular formula is C35H34N2O7S. The minimum Gasteiger partial charge on any atom is -0.507 e. The number of thiazole rings is 1. The molecule has 1 aliphatic rings. The van der Waals surface area contributed by atoms with E-state index >= 15 is 0 Å². The van der Waals surface area contributed by atoms with Gasteiger partial charge < -0.3 is 19.3 Å². The van der Waals surface area contributed by atoms with Crippen LogP contribution in [-0.4, -0.2) is 41.5 Å². The van der Waals surface area contributed by atoms with Gasteiger partial charge in [0.25, 0.3) is 5.78 Å². The Hall–Kier alpha value is -4.96. The largest absolute Gasteiger partial charge is 0.507 e. The number of ether oxygens (including phenoxy) is 3. The summed E-state index contributed by atoms with van der Waals surface area (Å²) < 4.78 is 16.6. The van der Waals surface area contributed by atoms with Gasteiger partial charge in [0.15, 0.2) is 5.13 Å². The van der Waals surface area contributed by atoms with Gasteiger partial charge >= 0.3 is 11.9 Å². The zero-order valence-electron chi connectivity index (χ0n) is 25.5. The topological polar surface area (TPSA) is 115 Å². The Morgan fingerprint density at radius 2 is 1.62 bits per heavy atom. The van der Waals surface area contributed by atoms with Crippen molar-refractivity contribution < 1.29 is 33.7 Å². The number of anilines is 1. The van der Waals surface area contributed by atoms with Crippen LogP contribution in [0.15, 0.2) is 78.4 Å². The predicted octanol–water partition coefficient (Wildman–Crippen LogP) is 6.93. The number of carbonyl (C=O) groups excluding carboxylic acids is 3. The van der Waals surface area contributed by atoms with Crippen LogP contribution < -0.4 is 14.4 Å². The summed E-state index contributed by atoms with van der Waals surface area (Å²) >= 11 is 0.948. The van der Waals surface area contributed by atoms with Gasteiger partial charge in [0, 0.05) is 5.56 Å². The van der Waals surface area contributed by atoms with Crippen molar-refractivity contribution >= 4 is 39.9 Å². The molecule has 3 aromatic carbocycles. The highest BCUT2D eigenvalue weighted by Crippen LogP contribution is 2.44. The van der Waals surface area contributed by atoms with Crippen molar-refractivity contribution in [2.45, 2.75) is 46.3 Å². The molecule has 4 aromatic rings. The summed E-state index contributed by atoms with van der Waals surface area (Å²) in [6, 6.07) is 20.6. The zero-order valence-corrected chi connectivity index (χ0v) is 26.3. The van der Waals surface area contributed by atoms with Crippen LogP contribution in [0.4, 0.5) is 5.13 Å². The number of esters is 1. The van der Waals surface area contributed by atoms with Crippen LogP contribution >= 0.6 is 11.3 Å². The lowest BCUT2D eigenvalue weighted by molar-refractivity contribution is -0.132. The van der Waals surface area contributed by atoms with Crippen molar-refractivity contribution in [1.82, 2.24) is 4.98 Å². The van der Waals surface area contributed by atoms with Crippen LogP contribution in [0.3, 0.4) is 0 Å². The molecule has 0 aliphatic carbocycles. The molecule has 2 heterocycles. The second kappa shape index (κ2) is 13.8. The number of aliphatic hydroxyl groups excluding tert-OH is 1. The SMILES string of the molecule is CCCCOc1ccc(C2/C(=C(\O)c3ccc(OCc4ccccc4C)cc3)C(=O)C(=O)N2c2nc(C)c(C(=O)OC)s2)cc1. The van der Waals surface area contributed by atoms with Gasteiger partial charge in [0.2, 0.25) is 0 Å². The number of Topliss-reactive ketones (excluding diaryl/α,β-unsaturated/α-hetero) is 1. The molecule has 1 atom stereocenters. The number of rotatable bonds is 11. The van der Waals surface area contributed by atoms with E-state index in [1.807, 2.05) is 31.2 Å². The molecule has 1 aliphatic heterocycles. The summed E-state index contributed by atoms with van der Waals surface area (Å²) in [6.45, 7) is 6.66. The number of hydrogen-bond acceptors (Lipinski definition) is 9. The van der Waals surface area contributed by atoms with Crippen LogP contribution in [0.2, 0.25) is 0 Å². The van der Waals surface area contributed by atoms with Gasteiger partial charge in [-0.3, -0.25) is 14.5 Å². The zero-order chi connectivity index (χ0) is 32.1. The van der Waals surface area contributed by atoms with E-state index in [0.29, 0.717) is 41.5 Å². The Kier molecular flexibility index (Phi) is 9.63. The first-order chi connectivity index (χ1) is 21.7. The Labute approximate surface area is 265 Å². The van der Waals surface area contributed by atoms with Gasteiger partial charge in [-0.2, -0.15) is 0 Å². The summed E-state index contributed by atoms with van der Waals surface area (Å²) in [4.78, 5) is 45.4. The summed E-state index contributed by atoms with van der Waals surface area (Å²) in [5.41, 5.74) is 3.34. The maximum absolute atomic E-state index is 13.6.